The first-order valence-electron chi connectivity index (χ1n) is 6.17. The van der Waals surface area contributed by atoms with E-state index >= 15 is 0 Å². The van der Waals surface area contributed by atoms with Crippen LogP contribution >= 0.6 is 0 Å². The summed E-state index contributed by atoms with van der Waals surface area (Å²) < 4.78 is 5.28. The van der Waals surface area contributed by atoms with Gasteiger partial charge in [0.05, 0.1) is 6.10 Å². The normalized spacial score (nSPS) is 34.9. The highest BCUT2D eigenvalue weighted by Crippen LogP contribution is 2.32. The van der Waals surface area contributed by atoms with Gasteiger partial charge in [0.1, 0.15) is 0 Å². The molecule has 1 atom stereocenters. The second-order valence-electron chi connectivity index (χ2n) is 5.06. The van der Waals surface area contributed by atoms with Gasteiger partial charge in [-0.3, -0.25) is 9.69 Å². The van der Waals surface area contributed by atoms with E-state index in [1.807, 2.05) is 0 Å². The minimum atomic E-state index is -0.665. The zero-order chi connectivity index (χ0) is 11.5. The third kappa shape index (κ3) is 2.74. The highest BCUT2D eigenvalue weighted by Gasteiger charge is 2.36. The number of rotatable bonds is 5. The summed E-state index contributed by atoms with van der Waals surface area (Å²) in [5, 5.41) is 8.64. The summed E-state index contributed by atoms with van der Waals surface area (Å²) in [4.78, 5) is 13.0. The second-order valence-corrected chi connectivity index (χ2v) is 5.06. The maximum atomic E-state index is 10.5. The smallest absolute Gasteiger partial charge is 0.303 e. The monoisotopic (exact) mass is 227 g/mol. The molecule has 0 radical (unpaired) electrons. The molecule has 4 nitrogen and oxygen atoms in total. The molecule has 1 unspecified atom stereocenters. The first-order chi connectivity index (χ1) is 7.69. The summed E-state index contributed by atoms with van der Waals surface area (Å²) in [5.74, 6) is -0.0702. The van der Waals surface area contributed by atoms with Crippen LogP contribution in [0.3, 0.4) is 0 Å². The maximum Gasteiger partial charge on any atom is 0.303 e. The first-order valence-corrected chi connectivity index (χ1v) is 6.17. The molecular formula is C12H21NO3. The van der Waals surface area contributed by atoms with E-state index in [0.29, 0.717) is 24.5 Å². The lowest BCUT2D eigenvalue weighted by Gasteiger charge is -2.40. The van der Waals surface area contributed by atoms with Crippen molar-refractivity contribution in [1.82, 2.24) is 4.90 Å². The van der Waals surface area contributed by atoms with E-state index in [1.54, 1.807) is 7.11 Å². The number of ether oxygens (including phenoxy) is 1. The average Bonchev–Trinajstić information content (AvgIpc) is 2.62. The Balaban J connectivity index is 1.66. The Hall–Kier alpha value is -0.610. The van der Waals surface area contributed by atoms with Crippen LogP contribution in [0.5, 0.6) is 0 Å². The van der Waals surface area contributed by atoms with Gasteiger partial charge in [-0.25, -0.2) is 0 Å². The van der Waals surface area contributed by atoms with Crippen LogP contribution in [0, 0.1) is 5.92 Å². The van der Waals surface area contributed by atoms with Gasteiger partial charge in [0.2, 0.25) is 0 Å². The van der Waals surface area contributed by atoms with Crippen LogP contribution in [-0.4, -0.2) is 48.3 Å². The molecule has 0 aromatic heterocycles. The molecule has 0 bridgehead atoms. The van der Waals surface area contributed by atoms with Crippen molar-refractivity contribution in [3.63, 3.8) is 0 Å². The van der Waals surface area contributed by atoms with Crippen LogP contribution in [0.1, 0.15) is 32.1 Å². The molecule has 1 N–H and O–H groups in total. The highest BCUT2D eigenvalue weighted by molar-refractivity contribution is 5.66. The molecule has 2 fully saturated rings. The summed E-state index contributed by atoms with van der Waals surface area (Å²) in [6.45, 7) is 2.24. The van der Waals surface area contributed by atoms with Crippen LogP contribution in [-0.2, 0) is 9.53 Å². The van der Waals surface area contributed by atoms with Crippen molar-refractivity contribution < 1.29 is 14.6 Å². The van der Waals surface area contributed by atoms with Gasteiger partial charge >= 0.3 is 5.97 Å². The fraction of sp³-hybridized carbons (Fsp3) is 0.917. The topological polar surface area (TPSA) is 49.8 Å². The zero-order valence-corrected chi connectivity index (χ0v) is 9.89. The predicted molar refractivity (Wildman–Crippen MR) is 60.4 cm³/mol. The molecule has 1 aliphatic carbocycles. The lowest BCUT2D eigenvalue weighted by atomic mass is 9.88. The lowest BCUT2D eigenvalue weighted by molar-refractivity contribution is -0.137. The van der Waals surface area contributed by atoms with Gasteiger partial charge in [0.15, 0.2) is 0 Å². The molecule has 1 saturated carbocycles. The quantitative estimate of drug-likeness (QED) is 0.770. The Morgan fingerprint density at radius 2 is 2.25 bits per heavy atom. The summed E-state index contributed by atoms with van der Waals surface area (Å²) in [7, 11) is 1.78. The van der Waals surface area contributed by atoms with Crippen molar-refractivity contribution in [3.05, 3.63) is 0 Å². The second kappa shape index (κ2) is 5.15. The van der Waals surface area contributed by atoms with E-state index in [-0.39, 0.29) is 0 Å². The zero-order valence-electron chi connectivity index (χ0n) is 9.89. The molecule has 0 amide bonds. The first kappa shape index (κ1) is 11.9. The van der Waals surface area contributed by atoms with Crippen LogP contribution in [0.2, 0.25) is 0 Å². The number of likely N-dealkylation sites (tertiary alicyclic amines) is 1. The minimum Gasteiger partial charge on any atom is -0.481 e. The maximum absolute atomic E-state index is 10.5. The molecule has 2 rings (SSSR count). The Labute approximate surface area is 96.6 Å². The van der Waals surface area contributed by atoms with Gasteiger partial charge in [0.25, 0.3) is 0 Å². The van der Waals surface area contributed by atoms with Gasteiger partial charge in [-0.15, -0.1) is 0 Å². The van der Waals surface area contributed by atoms with Gasteiger partial charge in [-0.05, 0) is 38.1 Å². The van der Waals surface area contributed by atoms with Crippen molar-refractivity contribution in [3.8, 4) is 0 Å². The molecule has 0 aromatic carbocycles. The third-order valence-corrected chi connectivity index (χ3v) is 4.00. The van der Waals surface area contributed by atoms with E-state index in [4.69, 9.17) is 9.84 Å². The van der Waals surface area contributed by atoms with E-state index in [2.05, 4.69) is 4.90 Å². The predicted octanol–water partition coefficient (Wildman–Crippen LogP) is 1.35. The Morgan fingerprint density at radius 3 is 2.88 bits per heavy atom. The van der Waals surface area contributed by atoms with Gasteiger partial charge < -0.3 is 9.84 Å². The molecule has 1 aliphatic heterocycles. The van der Waals surface area contributed by atoms with Crippen molar-refractivity contribution in [1.29, 1.82) is 0 Å². The highest BCUT2D eigenvalue weighted by atomic mass is 16.5. The molecule has 92 valence electrons. The summed E-state index contributed by atoms with van der Waals surface area (Å²) in [5.41, 5.74) is 0. The molecule has 2 aliphatic rings. The standard InChI is InChI=1S/C12H21NO3/c1-16-11-6-10(7-11)13-5-4-9(8-13)2-3-12(14)15/h9-11H,2-8H2,1H3,(H,14,15). The minimum absolute atomic E-state index is 0.323. The number of aliphatic carboxylic acids is 1. The molecular weight excluding hydrogens is 206 g/mol. The Kier molecular flexibility index (Phi) is 3.82. The fourth-order valence-corrected chi connectivity index (χ4v) is 2.79. The Bertz CT molecular complexity index is 251. The van der Waals surface area contributed by atoms with E-state index < -0.39 is 5.97 Å². The number of hydrogen-bond donors (Lipinski definition) is 1. The number of carbonyl (C=O) groups is 1. The number of hydrogen-bond acceptors (Lipinski definition) is 3. The number of methoxy groups -OCH3 is 1. The molecule has 0 spiro atoms. The molecule has 1 heterocycles. The molecule has 0 aromatic rings. The summed E-state index contributed by atoms with van der Waals surface area (Å²) in [6, 6.07) is 0.694. The molecule has 4 heteroatoms. The van der Waals surface area contributed by atoms with E-state index in [9.17, 15) is 4.79 Å². The third-order valence-electron chi connectivity index (χ3n) is 4.00. The van der Waals surface area contributed by atoms with Crippen molar-refractivity contribution in [2.24, 2.45) is 5.92 Å². The summed E-state index contributed by atoms with van der Waals surface area (Å²) in [6.07, 6.45) is 5.10. The van der Waals surface area contributed by atoms with E-state index in [1.165, 1.54) is 6.42 Å². The van der Waals surface area contributed by atoms with Crippen LogP contribution in [0.15, 0.2) is 0 Å². The van der Waals surface area contributed by atoms with Crippen molar-refractivity contribution in [2.75, 3.05) is 20.2 Å². The van der Waals surface area contributed by atoms with Gasteiger partial charge in [-0.1, -0.05) is 0 Å². The SMILES string of the molecule is COC1CC(N2CCC(CCC(=O)O)C2)C1. The van der Waals surface area contributed by atoms with Crippen molar-refractivity contribution in [2.45, 2.75) is 44.2 Å². The summed E-state index contributed by atoms with van der Waals surface area (Å²) >= 11 is 0. The lowest BCUT2D eigenvalue weighted by Crippen LogP contribution is -2.46. The largest absolute Gasteiger partial charge is 0.481 e. The number of carboxylic acids is 1. The van der Waals surface area contributed by atoms with Crippen LogP contribution in [0.25, 0.3) is 0 Å². The number of nitrogens with zero attached hydrogens (tertiary/aromatic N) is 1. The van der Waals surface area contributed by atoms with Gasteiger partial charge in [0, 0.05) is 26.1 Å². The van der Waals surface area contributed by atoms with Crippen molar-refractivity contribution >= 4 is 5.97 Å². The van der Waals surface area contributed by atoms with Crippen LogP contribution in [0.4, 0.5) is 0 Å². The fourth-order valence-electron chi connectivity index (χ4n) is 2.79. The Morgan fingerprint density at radius 1 is 1.50 bits per heavy atom. The molecule has 1 saturated heterocycles. The van der Waals surface area contributed by atoms with Gasteiger partial charge in [-0.2, -0.15) is 0 Å². The average molecular weight is 227 g/mol. The van der Waals surface area contributed by atoms with Crippen LogP contribution < -0.4 is 0 Å². The van der Waals surface area contributed by atoms with E-state index in [0.717, 1.165) is 32.4 Å². The molecule has 16 heavy (non-hydrogen) atoms. The number of carboxylic acid groups (broad SMARTS) is 1.